The van der Waals surface area contributed by atoms with Crippen molar-refractivity contribution in [1.29, 1.82) is 0 Å². The molecule has 0 aromatic carbocycles. The van der Waals surface area contributed by atoms with Gasteiger partial charge in [-0.1, -0.05) is 5.23 Å². The maximum Gasteiger partial charge on any atom is 0.130 e. The molecular formula is C11H21N7O2. The maximum atomic E-state index is 5.42. The molecule has 3 rings (SSSR count). The van der Waals surface area contributed by atoms with Crippen LogP contribution in [0.5, 0.6) is 0 Å². The predicted molar refractivity (Wildman–Crippen MR) is 73.4 cm³/mol. The van der Waals surface area contributed by atoms with Gasteiger partial charge in [0.05, 0.1) is 26.4 Å². The van der Waals surface area contributed by atoms with Crippen LogP contribution in [0, 0.1) is 0 Å². The van der Waals surface area contributed by atoms with E-state index in [1.165, 1.54) is 0 Å². The summed E-state index contributed by atoms with van der Waals surface area (Å²) in [4.78, 5) is 8.28. The highest BCUT2D eigenvalue weighted by molar-refractivity contribution is 5.72. The normalized spacial score (nSPS) is 25.6. The summed E-state index contributed by atoms with van der Waals surface area (Å²) in [5.74, 6) is 0. The largest absolute Gasteiger partial charge is 0.379 e. The van der Waals surface area contributed by atoms with Crippen LogP contribution in [-0.4, -0.2) is 92.2 Å². The lowest BCUT2D eigenvalue weighted by Crippen LogP contribution is -2.67. The summed E-state index contributed by atoms with van der Waals surface area (Å²) in [6.07, 6.45) is 3.35. The standard InChI is InChI=1S/C11H21N7O2/c1-5-19-6-2-15(1)14-18(16-3-7-20-8-4-16)17-10-12-9-13-11-17/h9-10,14H,1-8,11H2. The Kier molecular flexibility index (Phi) is 4.90. The molecule has 0 unspecified atom stereocenters. The van der Waals surface area contributed by atoms with Crippen LogP contribution in [0.25, 0.3) is 0 Å². The van der Waals surface area contributed by atoms with Gasteiger partial charge in [0, 0.05) is 26.2 Å². The molecule has 0 amide bonds. The lowest BCUT2D eigenvalue weighted by molar-refractivity contribution is -0.250. The predicted octanol–water partition coefficient (Wildman–Crippen LogP) is -1.47. The van der Waals surface area contributed by atoms with Crippen molar-refractivity contribution in [2.75, 3.05) is 59.3 Å². The van der Waals surface area contributed by atoms with Gasteiger partial charge < -0.3 is 9.47 Å². The molecule has 2 saturated heterocycles. The number of nitrogens with zero attached hydrogens (tertiary/aromatic N) is 6. The lowest BCUT2D eigenvalue weighted by Gasteiger charge is -2.44. The SMILES string of the molecule is C1=NC=NCN1N(NN1CCOCC1)N1CCOCC1. The quantitative estimate of drug-likeness (QED) is 0.632. The first-order valence-electron chi connectivity index (χ1n) is 6.93. The second kappa shape index (κ2) is 7.07. The Morgan fingerprint density at radius 2 is 1.70 bits per heavy atom. The maximum absolute atomic E-state index is 5.42. The van der Waals surface area contributed by atoms with E-state index in [0.29, 0.717) is 6.67 Å². The van der Waals surface area contributed by atoms with Crippen LogP contribution >= 0.6 is 0 Å². The second-order valence-electron chi connectivity index (χ2n) is 4.70. The van der Waals surface area contributed by atoms with Crippen LogP contribution in [0.1, 0.15) is 0 Å². The number of hydrogen-bond donors (Lipinski definition) is 1. The van der Waals surface area contributed by atoms with Crippen LogP contribution in [0.3, 0.4) is 0 Å². The van der Waals surface area contributed by atoms with E-state index in [1.54, 1.807) is 12.7 Å². The Morgan fingerprint density at radius 1 is 1.00 bits per heavy atom. The Balaban J connectivity index is 1.64. The van der Waals surface area contributed by atoms with E-state index in [0.717, 1.165) is 52.6 Å². The van der Waals surface area contributed by atoms with Gasteiger partial charge in [0.15, 0.2) is 0 Å². The van der Waals surface area contributed by atoms with Crippen molar-refractivity contribution in [2.45, 2.75) is 0 Å². The molecule has 0 spiro atoms. The minimum absolute atomic E-state index is 0.554. The first-order valence-corrected chi connectivity index (χ1v) is 6.93. The third-order valence-electron chi connectivity index (χ3n) is 3.32. The van der Waals surface area contributed by atoms with Gasteiger partial charge in [-0.15, -0.1) is 0 Å². The average molecular weight is 283 g/mol. The van der Waals surface area contributed by atoms with E-state index in [-0.39, 0.29) is 0 Å². The highest BCUT2D eigenvalue weighted by Gasteiger charge is 2.26. The zero-order valence-corrected chi connectivity index (χ0v) is 11.5. The molecule has 0 bridgehead atoms. The lowest BCUT2D eigenvalue weighted by atomic mass is 10.5. The number of aliphatic imine (C=N–C) groups is 2. The number of morpholine rings is 2. The molecular weight excluding hydrogens is 262 g/mol. The van der Waals surface area contributed by atoms with Crippen molar-refractivity contribution in [1.82, 2.24) is 25.8 Å². The second-order valence-corrected chi connectivity index (χ2v) is 4.70. The minimum atomic E-state index is 0.554. The van der Waals surface area contributed by atoms with Crippen molar-refractivity contribution < 1.29 is 9.47 Å². The van der Waals surface area contributed by atoms with E-state index in [2.05, 4.69) is 25.5 Å². The zero-order chi connectivity index (χ0) is 13.6. The Bertz CT molecular complexity index is 353. The number of hydrogen-bond acceptors (Lipinski definition) is 9. The van der Waals surface area contributed by atoms with E-state index in [9.17, 15) is 0 Å². The summed E-state index contributed by atoms with van der Waals surface area (Å²) in [6.45, 7) is 6.90. The average Bonchev–Trinajstić information content (AvgIpc) is 2.55. The molecule has 3 heterocycles. The molecule has 0 aliphatic carbocycles. The van der Waals surface area contributed by atoms with Gasteiger partial charge in [0.1, 0.15) is 19.3 Å². The molecule has 9 nitrogen and oxygen atoms in total. The first-order chi connectivity index (χ1) is 9.93. The molecule has 2 fully saturated rings. The molecule has 0 aromatic rings. The summed E-state index contributed by atoms with van der Waals surface area (Å²) >= 11 is 0. The molecule has 112 valence electrons. The van der Waals surface area contributed by atoms with Gasteiger partial charge in [-0.25, -0.2) is 20.0 Å². The fraction of sp³-hybridized carbons (Fsp3) is 0.818. The Labute approximate surface area is 118 Å². The number of hydrazine groups is 4. The van der Waals surface area contributed by atoms with E-state index in [1.807, 2.05) is 10.2 Å². The van der Waals surface area contributed by atoms with Crippen LogP contribution in [-0.2, 0) is 9.47 Å². The summed E-state index contributed by atoms with van der Waals surface area (Å²) in [6, 6.07) is 0. The van der Waals surface area contributed by atoms with Gasteiger partial charge in [0.25, 0.3) is 0 Å². The molecule has 0 radical (unpaired) electrons. The van der Waals surface area contributed by atoms with Gasteiger partial charge in [-0.05, 0) is 0 Å². The Hall–Kier alpha value is -1.10. The molecule has 1 N–H and O–H groups in total. The summed E-state index contributed by atoms with van der Waals surface area (Å²) in [5, 5.41) is 8.27. The van der Waals surface area contributed by atoms with Crippen LogP contribution in [0.4, 0.5) is 0 Å². The fourth-order valence-corrected chi connectivity index (χ4v) is 2.24. The summed E-state index contributed by atoms with van der Waals surface area (Å²) in [7, 11) is 0. The molecule has 0 atom stereocenters. The fourth-order valence-electron chi connectivity index (χ4n) is 2.24. The summed E-state index contributed by atoms with van der Waals surface area (Å²) in [5.41, 5.74) is 3.41. The van der Waals surface area contributed by atoms with Crippen molar-refractivity contribution in [3.8, 4) is 0 Å². The summed E-state index contributed by atoms with van der Waals surface area (Å²) < 4.78 is 10.8. The van der Waals surface area contributed by atoms with E-state index < -0.39 is 0 Å². The van der Waals surface area contributed by atoms with E-state index in [4.69, 9.17) is 9.47 Å². The van der Waals surface area contributed by atoms with Gasteiger partial charge in [0.2, 0.25) is 0 Å². The number of rotatable bonds is 4. The van der Waals surface area contributed by atoms with Crippen molar-refractivity contribution in [3.63, 3.8) is 0 Å². The van der Waals surface area contributed by atoms with Crippen LogP contribution in [0.2, 0.25) is 0 Å². The highest BCUT2D eigenvalue weighted by Crippen LogP contribution is 2.07. The molecule has 0 saturated carbocycles. The molecule has 3 aliphatic heterocycles. The van der Waals surface area contributed by atoms with E-state index >= 15 is 0 Å². The van der Waals surface area contributed by atoms with Gasteiger partial charge in [-0.3, -0.25) is 4.99 Å². The van der Waals surface area contributed by atoms with Crippen LogP contribution < -0.4 is 5.53 Å². The smallest absolute Gasteiger partial charge is 0.130 e. The first kappa shape index (κ1) is 13.9. The molecule has 9 heteroatoms. The van der Waals surface area contributed by atoms with Gasteiger partial charge >= 0.3 is 0 Å². The number of ether oxygens (including phenoxy) is 2. The van der Waals surface area contributed by atoms with Crippen LogP contribution in [0.15, 0.2) is 9.98 Å². The minimum Gasteiger partial charge on any atom is -0.379 e. The number of nitrogens with one attached hydrogen (secondary N) is 1. The third kappa shape index (κ3) is 3.51. The highest BCUT2D eigenvalue weighted by atomic mass is 16.5. The zero-order valence-electron chi connectivity index (χ0n) is 11.5. The molecule has 20 heavy (non-hydrogen) atoms. The van der Waals surface area contributed by atoms with Gasteiger partial charge in [-0.2, -0.15) is 5.53 Å². The topological polar surface area (TPSA) is 68.2 Å². The van der Waals surface area contributed by atoms with Crippen molar-refractivity contribution in [3.05, 3.63) is 0 Å². The van der Waals surface area contributed by atoms with Crippen molar-refractivity contribution >= 4 is 12.7 Å². The monoisotopic (exact) mass is 283 g/mol. The molecule has 0 aromatic heterocycles. The van der Waals surface area contributed by atoms with Crippen molar-refractivity contribution in [2.24, 2.45) is 9.98 Å². The molecule has 3 aliphatic rings. The Morgan fingerprint density at radius 3 is 2.35 bits per heavy atom. The third-order valence-corrected chi connectivity index (χ3v) is 3.32.